The first-order valence-electron chi connectivity index (χ1n) is 6.08. The molecule has 2 rings (SSSR count). The lowest BCUT2D eigenvalue weighted by Gasteiger charge is -2.17. The number of oxime groups is 1. The van der Waals surface area contributed by atoms with Crippen molar-refractivity contribution in [3.63, 3.8) is 0 Å². The van der Waals surface area contributed by atoms with E-state index in [4.69, 9.17) is 23.4 Å². The Balaban J connectivity index is 2.61. The summed E-state index contributed by atoms with van der Waals surface area (Å²) in [6, 6.07) is 13.8. The number of hydrogen-bond acceptors (Lipinski definition) is 3. The molecule has 0 fully saturated rings. The molecule has 0 spiro atoms. The van der Waals surface area contributed by atoms with Gasteiger partial charge in [0.2, 0.25) is 5.91 Å². The average molecular weight is 323 g/mol. The van der Waals surface area contributed by atoms with Crippen LogP contribution in [0.4, 0.5) is 5.69 Å². The molecule has 1 amide bonds. The summed E-state index contributed by atoms with van der Waals surface area (Å²) in [6.07, 6.45) is 0. The van der Waals surface area contributed by atoms with Crippen molar-refractivity contribution in [2.24, 2.45) is 5.16 Å². The molecule has 0 saturated carbocycles. The molecule has 0 aromatic heterocycles. The Morgan fingerprint density at radius 2 is 1.86 bits per heavy atom. The van der Waals surface area contributed by atoms with Gasteiger partial charge in [-0.05, 0) is 18.2 Å². The highest BCUT2D eigenvalue weighted by atomic mass is 35.5. The fourth-order valence-electron chi connectivity index (χ4n) is 1.90. The van der Waals surface area contributed by atoms with Crippen molar-refractivity contribution in [3.8, 4) is 0 Å². The lowest BCUT2D eigenvalue weighted by molar-refractivity contribution is -0.115. The van der Waals surface area contributed by atoms with Crippen molar-refractivity contribution < 1.29 is 10.0 Å². The van der Waals surface area contributed by atoms with Crippen molar-refractivity contribution >= 4 is 40.7 Å². The first kappa shape index (κ1) is 15.4. The van der Waals surface area contributed by atoms with Gasteiger partial charge in [0, 0.05) is 34.8 Å². The zero-order chi connectivity index (χ0) is 15.4. The maximum absolute atomic E-state index is 11.5. The molecule has 0 aliphatic carbocycles. The van der Waals surface area contributed by atoms with Crippen molar-refractivity contribution in [2.45, 2.75) is 6.92 Å². The molecule has 0 atom stereocenters. The molecule has 1 N–H and O–H groups in total. The van der Waals surface area contributed by atoms with E-state index in [2.05, 4.69) is 5.16 Å². The molecular formula is C15H12Cl2N2O2. The minimum absolute atomic E-state index is 0.278. The third kappa shape index (κ3) is 3.35. The molecule has 21 heavy (non-hydrogen) atoms. The number of carbonyl (C=O) groups excluding carboxylic acids is 1. The first-order chi connectivity index (χ1) is 10.0. The second kappa shape index (κ2) is 6.61. The molecule has 0 aliphatic rings. The minimum atomic E-state index is -0.356. The fourth-order valence-corrected chi connectivity index (χ4v) is 2.22. The third-order valence-corrected chi connectivity index (χ3v) is 3.50. The predicted molar refractivity (Wildman–Crippen MR) is 84.3 cm³/mol. The average Bonchev–Trinajstić information content (AvgIpc) is 2.48. The molecule has 0 bridgehead atoms. The van der Waals surface area contributed by atoms with Crippen LogP contribution in [-0.2, 0) is 4.79 Å². The smallest absolute Gasteiger partial charge is 0.238 e. The number of rotatable bonds is 3. The van der Waals surface area contributed by atoms with E-state index >= 15 is 0 Å². The quantitative estimate of drug-likeness (QED) is 0.401. The second-order valence-corrected chi connectivity index (χ2v) is 5.05. The van der Waals surface area contributed by atoms with Gasteiger partial charge in [-0.2, -0.15) is 0 Å². The van der Waals surface area contributed by atoms with E-state index in [9.17, 15) is 10.0 Å². The fraction of sp³-hybridized carbons (Fsp3) is 0.0667. The van der Waals surface area contributed by atoms with Crippen LogP contribution in [0.2, 0.25) is 5.02 Å². The van der Waals surface area contributed by atoms with Crippen LogP contribution in [0, 0.1) is 0 Å². The Morgan fingerprint density at radius 1 is 1.19 bits per heavy atom. The van der Waals surface area contributed by atoms with Gasteiger partial charge in [0.1, 0.15) is 5.71 Å². The van der Waals surface area contributed by atoms with E-state index in [0.717, 1.165) is 4.42 Å². The normalized spacial score (nSPS) is 11.3. The topological polar surface area (TPSA) is 52.9 Å². The molecule has 2 aromatic carbocycles. The molecule has 108 valence electrons. The van der Waals surface area contributed by atoms with Gasteiger partial charge in [0.15, 0.2) is 0 Å². The summed E-state index contributed by atoms with van der Waals surface area (Å²) in [5.74, 6) is -0.356. The number of halogens is 2. The zero-order valence-corrected chi connectivity index (χ0v) is 12.6. The van der Waals surface area contributed by atoms with Gasteiger partial charge in [-0.15, -0.1) is 0 Å². The highest BCUT2D eigenvalue weighted by Gasteiger charge is 2.19. The van der Waals surface area contributed by atoms with Gasteiger partial charge in [0.25, 0.3) is 0 Å². The SMILES string of the molecule is CC(=O)N(Cl)c1ccc(Cl)cc1C(=NO)c1ccccc1. The summed E-state index contributed by atoms with van der Waals surface area (Å²) in [4.78, 5) is 11.5. The number of benzene rings is 2. The Bertz CT molecular complexity index is 687. The first-order valence-corrected chi connectivity index (χ1v) is 6.80. The Labute approximate surface area is 132 Å². The molecule has 2 aromatic rings. The number of anilines is 1. The zero-order valence-electron chi connectivity index (χ0n) is 11.1. The lowest BCUT2D eigenvalue weighted by Crippen LogP contribution is -2.20. The van der Waals surface area contributed by atoms with Crippen molar-refractivity contribution in [1.82, 2.24) is 0 Å². The Morgan fingerprint density at radius 3 is 2.43 bits per heavy atom. The van der Waals surface area contributed by atoms with Crippen LogP contribution >= 0.6 is 23.4 Å². The maximum atomic E-state index is 11.5. The third-order valence-electron chi connectivity index (χ3n) is 2.85. The number of amides is 1. The monoisotopic (exact) mass is 322 g/mol. The Kier molecular flexibility index (Phi) is 4.83. The van der Waals surface area contributed by atoms with Gasteiger partial charge in [0.05, 0.1) is 5.69 Å². The van der Waals surface area contributed by atoms with Crippen molar-refractivity contribution in [3.05, 3.63) is 64.7 Å². The summed E-state index contributed by atoms with van der Waals surface area (Å²) in [5, 5.41) is 13.1. The lowest BCUT2D eigenvalue weighted by atomic mass is 10.0. The Hall–Kier alpha value is -2.04. The van der Waals surface area contributed by atoms with Crippen LogP contribution in [-0.4, -0.2) is 16.8 Å². The summed E-state index contributed by atoms with van der Waals surface area (Å²) in [5.41, 5.74) is 1.81. The van der Waals surface area contributed by atoms with Crippen LogP contribution < -0.4 is 4.42 Å². The molecule has 0 radical (unpaired) electrons. The van der Waals surface area contributed by atoms with Crippen LogP contribution in [0.15, 0.2) is 53.7 Å². The van der Waals surface area contributed by atoms with E-state index in [1.807, 2.05) is 18.2 Å². The second-order valence-electron chi connectivity index (χ2n) is 4.28. The largest absolute Gasteiger partial charge is 0.410 e. The molecule has 0 unspecified atom stereocenters. The maximum Gasteiger partial charge on any atom is 0.238 e. The van der Waals surface area contributed by atoms with E-state index in [0.29, 0.717) is 21.8 Å². The van der Waals surface area contributed by atoms with Crippen LogP contribution in [0.5, 0.6) is 0 Å². The predicted octanol–water partition coefficient (Wildman–Crippen LogP) is 4.07. The molecule has 0 aliphatic heterocycles. The van der Waals surface area contributed by atoms with Crippen molar-refractivity contribution in [2.75, 3.05) is 4.42 Å². The van der Waals surface area contributed by atoms with Gasteiger partial charge < -0.3 is 5.21 Å². The summed E-state index contributed by atoms with van der Waals surface area (Å²) < 4.78 is 0.958. The van der Waals surface area contributed by atoms with Crippen molar-refractivity contribution in [1.29, 1.82) is 0 Å². The standard InChI is InChI=1S/C15H12Cl2N2O2/c1-10(20)19(17)14-8-7-12(16)9-13(14)15(18-21)11-5-3-2-4-6-11/h2-9,21H,1H3. The van der Waals surface area contributed by atoms with Crippen LogP contribution in [0.25, 0.3) is 0 Å². The van der Waals surface area contributed by atoms with E-state index in [-0.39, 0.29) is 11.6 Å². The van der Waals surface area contributed by atoms with Gasteiger partial charge in [-0.25, -0.2) is 4.42 Å². The van der Waals surface area contributed by atoms with E-state index in [1.54, 1.807) is 30.3 Å². The number of nitrogens with zero attached hydrogens (tertiary/aromatic N) is 2. The summed E-state index contributed by atoms with van der Waals surface area (Å²) in [7, 11) is 0. The molecule has 0 heterocycles. The van der Waals surface area contributed by atoms with Crippen LogP contribution in [0.3, 0.4) is 0 Å². The van der Waals surface area contributed by atoms with Gasteiger partial charge >= 0.3 is 0 Å². The van der Waals surface area contributed by atoms with E-state index in [1.165, 1.54) is 6.92 Å². The molecule has 4 nitrogen and oxygen atoms in total. The van der Waals surface area contributed by atoms with Gasteiger partial charge in [-0.3, -0.25) is 4.79 Å². The molecule has 6 heteroatoms. The molecule has 0 saturated heterocycles. The highest BCUT2D eigenvalue weighted by Crippen LogP contribution is 2.28. The number of hydrogen-bond donors (Lipinski definition) is 1. The van der Waals surface area contributed by atoms with Crippen LogP contribution in [0.1, 0.15) is 18.1 Å². The highest BCUT2D eigenvalue weighted by molar-refractivity contribution is 6.38. The minimum Gasteiger partial charge on any atom is -0.410 e. The summed E-state index contributed by atoms with van der Waals surface area (Å²) in [6.45, 7) is 1.34. The molecular weight excluding hydrogens is 311 g/mol. The number of carbonyl (C=O) groups is 1. The van der Waals surface area contributed by atoms with E-state index < -0.39 is 0 Å². The van der Waals surface area contributed by atoms with Gasteiger partial charge in [-0.1, -0.05) is 47.1 Å². The summed E-state index contributed by atoms with van der Waals surface area (Å²) >= 11 is 12.0.